The van der Waals surface area contributed by atoms with E-state index in [1.54, 1.807) is 7.11 Å². The number of amides is 1. The number of ether oxygens (including phenoxy) is 1. The first-order valence-corrected chi connectivity index (χ1v) is 6.35. The van der Waals surface area contributed by atoms with Gasteiger partial charge in [-0.15, -0.1) is 0 Å². The van der Waals surface area contributed by atoms with E-state index in [0.717, 1.165) is 32.6 Å². The third kappa shape index (κ3) is 4.48. The SMILES string of the molecule is CCNCC(C)C(=O)N1CC=C(COC)CC1. The van der Waals surface area contributed by atoms with Crippen molar-refractivity contribution in [1.82, 2.24) is 10.2 Å². The zero-order chi connectivity index (χ0) is 12.7. The molecule has 0 bridgehead atoms. The van der Waals surface area contributed by atoms with Gasteiger partial charge >= 0.3 is 0 Å². The smallest absolute Gasteiger partial charge is 0.226 e. The first-order chi connectivity index (χ1) is 8.19. The van der Waals surface area contributed by atoms with Crippen molar-refractivity contribution >= 4 is 5.91 Å². The van der Waals surface area contributed by atoms with Crippen molar-refractivity contribution in [2.45, 2.75) is 20.3 Å². The highest BCUT2D eigenvalue weighted by Gasteiger charge is 2.21. The van der Waals surface area contributed by atoms with Crippen LogP contribution in [0.2, 0.25) is 0 Å². The van der Waals surface area contributed by atoms with E-state index in [9.17, 15) is 4.79 Å². The summed E-state index contributed by atoms with van der Waals surface area (Å²) in [5.41, 5.74) is 1.30. The van der Waals surface area contributed by atoms with Gasteiger partial charge in [0, 0.05) is 32.7 Å². The number of methoxy groups -OCH3 is 1. The fourth-order valence-electron chi connectivity index (χ4n) is 1.99. The first-order valence-electron chi connectivity index (χ1n) is 6.35. The van der Waals surface area contributed by atoms with E-state index >= 15 is 0 Å². The Balaban J connectivity index is 2.39. The minimum Gasteiger partial charge on any atom is -0.380 e. The summed E-state index contributed by atoms with van der Waals surface area (Å²) >= 11 is 0. The molecular formula is C13H24N2O2. The third-order valence-electron chi connectivity index (χ3n) is 3.07. The van der Waals surface area contributed by atoms with Gasteiger partial charge in [-0.2, -0.15) is 0 Å². The van der Waals surface area contributed by atoms with Crippen LogP contribution in [0.5, 0.6) is 0 Å². The van der Waals surface area contributed by atoms with E-state index in [4.69, 9.17) is 4.74 Å². The van der Waals surface area contributed by atoms with Crippen LogP contribution in [-0.4, -0.2) is 50.7 Å². The summed E-state index contributed by atoms with van der Waals surface area (Å²) < 4.78 is 5.10. The van der Waals surface area contributed by atoms with Gasteiger partial charge < -0.3 is 15.0 Å². The Labute approximate surface area is 104 Å². The van der Waals surface area contributed by atoms with Crippen molar-refractivity contribution in [3.05, 3.63) is 11.6 Å². The predicted octanol–water partition coefficient (Wildman–Crippen LogP) is 1.04. The second kappa shape index (κ2) is 7.45. The largest absolute Gasteiger partial charge is 0.380 e. The van der Waals surface area contributed by atoms with Gasteiger partial charge in [0.1, 0.15) is 0 Å². The Morgan fingerprint density at radius 3 is 2.94 bits per heavy atom. The number of hydrogen-bond donors (Lipinski definition) is 1. The molecule has 1 aliphatic heterocycles. The molecule has 0 radical (unpaired) electrons. The van der Waals surface area contributed by atoms with E-state index in [0.29, 0.717) is 6.61 Å². The fourth-order valence-corrected chi connectivity index (χ4v) is 1.99. The second-order valence-electron chi connectivity index (χ2n) is 4.54. The molecule has 0 aliphatic carbocycles. The summed E-state index contributed by atoms with van der Waals surface area (Å²) in [5, 5.41) is 3.21. The van der Waals surface area contributed by atoms with Crippen LogP contribution in [0.4, 0.5) is 0 Å². The highest BCUT2D eigenvalue weighted by atomic mass is 16.5. The maximum Gasteiger partial charge on any atom is 0.226 e. The minimum atomic E-state index is 0.0623. The van der Waals surface area contributed by atoms with Crippen LogP contribution < -0.4 is 5.32 Å². The summed E-state index contributed by atoms with van der Waals surface area (Å²) in [7, 11) is 1.71. The minimum absolute atomic E-state index is 0.0623. The lowest BCUT2D eigenvalue weighted by molar-refractivity contribution is -0.134. The summed E-state index contributed by atoms with van der Waals surface area (Å²) in [6, 6.07) is 0. The standard InChI is InChI=1S/C13H24N2O2/c1-4-14-9-11(2)13(16)15-7-5-12(6-8-15)10-17-3/h5,11,14H,4,6-10H2,1-3H3. The molecule has 1 heterocycles. The maximum atomic E-state index is 12.1. The average Bonchev–Trinajstić information content (AvgIpc) is 2.36. The lowest BCUT2D eigenvalue weighted by atomic mass is 10.1. The van der Waals surface area contributed by atoms with Crippen LogP contribution in [0.1, 0.15) is 20.3 Å². The Morgan fingerprint density at radius 2 is 2.41 bits per heavy atom. The monoisotopic (exact) mass is 240 g/mol. The van der Waals surface area contributed by atoms with Crippen LogP contribution in [0.25, 0.3) is 0 Å². The summed E-state index contributed by atoms with van der Waals surface area (Å²) in [6.45, 7) is 7.96. The zero-order valence-corrected chi connectivity index (χ0v) is 11.2. The first kappa shape index (κ1) is 14.2. The van der Waals surface area contributed by atoms with Gasteiger partial charge in [0.25, 0.3) is 0 Å². The van der Waals surface area contributed by atoms with E-state index in [-0.39, 0.29) is 11.8 Å². The predicted molar refractivity (Wildman–Crippen MR) is 68.9 cm³/mol. The van der Waals surface area contributed by atoms with Gasteiger partial charge in [0.2, 0.25) is 5.91 Å². The summed E-state index contributed by atoms with van der Waals surface area (Å²) in [6.07, 6.45) is 3.05. The summed E-state index contributed by atoms with van der Waals surface area (Å²) in [5.74, 6) is 0.311. The Morgan fingerprint density at radius 1 is 1.65 bits per heavy atom. The molecule has 0 aromatic rings. The van der Waals surface area contributed by atoms with Gasteiger partial charge in [-0.05, 0) is 18.5 Å². The molecule has 1 atom stereocenters. The molecule has 0 spiro atoms. The van der Waals surface area contributed by atoms with E-state index in [2.05, 4.69) is 18.3 Å². The van der Waals surface area contributed by atoms with Gasteiger partial charge in [-0.3, -0.25) is 4.79 Å². The number of rotatable bonds is 6. The fraction of sp³-hybridized carbons (Fsp3) is 0.769. The normalized spacial score (nSPS) is 17.8. The highest BCUT2D eigenvalue weighted by molar-refractivity contribution is 5.79. The molecule has 0 saturated heterocycles. The van der Waals surface area contributed by atoms with Gasteiger partial charge in [-0.25, -0.2) is 0 Å². The van der Waals surface area contributed by atoms with Crippen molar-refractivity contribution in [3.8, 4) is 0 Å². The van der Waals surface area contributed by atoms with Crippen LogP contribution in [0.3, 0.4) is 0 Å². The highest BCUT2D eigenvalue weighted by Crippen LogP contribution is 2.13. The van der Waals surface area contributed by atoms with E-state index in [1.807, 2.05) is 11.8 Å². The Hall–Kier alpha value is -0.870. The maximum absolute atomic E-state index is 12.1. The third-order valence-corrected chi connectivity index (χ3v) is 3.07. The van der Waals surface area contributed by atoms with Crippen molar-refractivity contribution in [2.75, 3.05) is 39.9 Å². The van der Waals surface area contributed by atoms with E-state index < -0.39 is 0 Å². The van der Waals surface area contributed by atoms with Gasteiger partial charge in [0.15, 0.2) is 0 Å². The molecule has 1 rings (SSSR count). The molecule has 98 valence electrons. The molecule has 1 N–H and O–H groups in total. The lowest BCUT2D eigenvalue weighted by Crippen LogP contribution is -2.41. The van der Waals surface area contributed by atoms with Crippen molar-refractivity contribution in [1.29, 1.82) is 0 Å². The molecule has 0 aromatic heterocycles. The van der Waals surface area contributed by atoms with Crippen molar-refractivity contribution < 1.29 is 9.53 Å². The van der Waals surface area contributed by atoms with Crippen LogP contribution in [0.15, 0.2) is 11.6 Å². The van der Waals surface area contributed by atoms with Crippen molar-refractivity contribution in [2.24, 2.45) is 5.92 Å². The number of nitrogens with one attached hydrogen (secondary N) is 1. The Bertz CT molecular complexity index is 277. The molecule has 17 heavy (non-hydrogen) atoms. The second-order valence-corrected chi connectivity index (χ2v) is 4.54. The van der Waals surface area contributed by atoms with Gasteiger partial charge in [-0.1, -0.05) is 19.9 Å². The van der Waals surface area contributed by atoms with E-state index in [1.165, 1.54) is 5.57 Å². The average molecular weight is 240 g/mol. The Kier molecular flexibility index (Phi) is 6.22. The number of nitrogens with zero attached hydrogens (tertiary/aromatic N) is 1. The van der Waals surface area contributed by atoms with Crippen LogP contribution >= 0.6 is 0 Å². The molecule has 1 aliphatic rings. The molecule has 4 nitrogen and oxygen atoms in total. The zero-order valence-electron chi connectivity index (χ0n) is 11.2. The van der Waals surface area contributed by atoms with Crippen molar-refractivity contribution in [3.63, 3.8) is 0 Å². The van der Waals surface area contributed by atoms with Crippen LogP contribution in [-0.2, 0) is 9.53 Å². The number of carbonyl (C=O) groups excluding carboxylic acids is 1. The number of hydrogen-bond acceptors (Lipinski definition) is 3. The topological polar surface area (TPSA) is 41.6 Å². The quantitative estimate of drug-likeness (QED) is 0.705. The molecule has 0 fully saturated rings. The molecule has 1 unspecified atom stereocenters. The molecule has 0 aromatic carbocycles. The molecular weight excluding hydrogens is 216 g/mol. The van der Waals surface area contributed by atoms with Gasteiger partial charge in [0.05, 0.1) is 6.61 Å². The summed E-state index contributed by atoms with van der Waals surface area (Å²) in [4.78, 5) is 14.0. The lowest BCUT2D eigenvalue weighted by Gasteiger charge is -2.28. The van der Waals surface area contributed by atoms with Crippen LogP contribution in [0, 0.1) is 5.92 Å². The molecule has 0 saturated carbocycles. The molecule has 4 heteroatoms. The number of carbonyl (C=O) groups is 1. The molecule has 1 amide bonds.